The van der Waals surface area contributed by atoms with Crippen LogP contribution >= 0.6 is 21.6 Å². The van der Waals surface area contributed by atoms with Gasteiger partial charge in [-0.15, -0.1) is 0 Å². The summed E-state index contributed by atoms with van der Waals surface area (Å²) in [4.78, 5) is 121. The van der Waals surface area contributed by atoms with Crippen LogP contribution in [0.2, 0.25) is 0 Å². The molecule has 4 aromatic rings. The van der Waals surface area contributed by atoms with Crippen LogP contribution in [0, 0.1) is 0 Å². The molecule has 0 saturated carbocycles. The third kappa shape index (κ3) is 19.3. The summed E-state index contributed by atoms with van der Waals surface area (Å²) in [7, 11) is 3.68. The van der Waals surface area contributed by atoms with Crippen LogP contribution in [0.15, 0.2) is 78.3 Å². The van der Waals surface area contributed by atoms with Gasteiger partial charge in [-0.2, -0.15) is 0 Å². The number of carbonyl (C=O) groups excluding carboxylic acids is 7. The SMILES string of the molecule is NC(=O)CNC(=O)[C@H](Cc1c[nH]c2ccccc12)NC(=O)[C@H](CCCN=C(N)N)NC(=O)[C@@H](CCc1ccccc1)NC(=O)[C@H](Cc1cnc[nH]1)NC(=O)[C@H](CCC(=O)O)NC(=O)CCCCC1CCSS1. The average Bonchev–Trinajstić information content (AvgIpc) is 4.17. The summed E-state index contributed by atoms with van der Waals surface area (Å²) in [5.41, 5.74) is 19.2. The third-order valence-electron chi connectivity index (χ3n) is 11.8. The monoisotopic (exact) mass is 1030 g/mol. The number of unbranched alkanes of at least 4 members (excludes halogenated alkanes) is 1. The lowest BCUT2D eigenvalue weighted by Gasteiger charge is -2.27. The summed E-state index contributed by atoms with van der Waals surface area (Å²) in [5.74, 6) is -5.41. The standard InChI is InChI=1S/C48H65N13O9S2/c49-40(62)27-55-43(66)38(23-30-25-54-34-13-6-5-12-33(30)34)60-44(67)35(14-8-21-53-48(50)51)58-46(69)37(17-16-29-9-2-1-3-10-29)59-47(70)39(24-31-26-52-28-56-31)61-45(68)36(18-19-42(64)65)57-41(63)15-7-4-11-32-20-22-71-72-32/h1-3,5-6,9-10,12-13,25-26,28,32,35-39,54H,4,7-8,11,14-24,27H2,(H2,49,62)(H,52,56)(H,55,66)(H,57,63)(H,58,69)(H,59,70)(H,60,67)(H,61,68)(H,64,65)(H4,50,51,53)/t32?,35-,36-,37+,38-,39-/m0/s1. The van der Waals surface area contributed by atoms with Crippen molar-refractivity contribution < 1.29 is 43.5 Å². The normalized spacial score (nSPS) is 15.2. The van der Waals surface area contributed by atoms with Gasteiger partial charge in [0.15, 0.2) is 5.96 Å². The van der Waals surface area contributed by atoms with Gasteiger partial charge in [0, 0.05) is 72.2 Å². The largest absolute Gasteiger partial charge is 0.481 e. The van der Waals surface area contributed by atoms with E-state index in [1.807, 2.05) is 76.2 Å². The predicted molar refractivity (Wildman–Crippen MR) is 275 cm³/mol. The van der Waals surface area contributed by atoms with Gasteiger partial charge < -0.3 is 64.2 Å². The van der Waals surface area contributed by atoms with Crippen LogP contribution in [0.25, 0.3) is 10.9 Å². The number of nitrogens with two attached hydrogens (primary N) is 3. The summed E-state index contributed by atoms with van der Waals surface area (Å²) in [6.07, 6.45) is 7.71. The molecule has 0 radical (unpaired) electrons. The molecule has 72 heavy (non-hydrogen) atoms. The van der Waals surface area contributed by atoms with E-state index in [0.29, 0.717) is 22.9 Å². The number of nitrogens with one attached hydrogen (secondary N) is 8. The summed E-state index contributed by atoms with van der Waals surface area (Å²) in [6.45, 7) is -0.422. The first-order valence-corrected chi connectivity index (χ1v) is 26.2. The Labute approximate surface area is 424 Å². The Morgan fingerprint density at radius 2 is 1.38 bits per heavy atom. The zero-order valence-corrected chi connectivity index (χ0v) is 41.5. The van der Waals surface area contributed by atoms with Gasteiger partial charge >= 0.3 is 5.97 Å². The molecule has 0 bridgehead atoms. The van der Waals surface area contributed by atoms with Crippen molar-refractivity contribution in [3.63, 3.8) is 0 Å². The number of para-hydroxylation sites is 1. The molecule has 388 valence electrons. The molecule has 7 amide bonds. The number of fused-ring (bicyclic) bond motifs is 1. The fourth-order valence-corrected chi connectivity index (χ4v) is 11.0. The maximum atomic E-state index is 14.6. The zero-order chi connectivity index (χ0) is 51.8. The summed E-state index contributed by atoms with van der Waals surface area (Å²) in [6, 6.07) is 9.91. The number of imidazole rings is 1. The molecule has 15 N–H and O–H groups in total. The number of primary amides is 1. The van der Waals surface area contributed by atoms with Gasteiger partial charge in [-0.25, -0.2) is 4.98 Å². The number of amides is 7. The number of carboxylic acids is 1. The van der Waals surface area contributed by atoms with Gasteiger partial charge in [-0.3, -0.25) is 43.3 Å². The third-order valence-corrected chi connectivity index (χ3v) is 14.8. The van der Waals surface area contributed by atoms with E-state index in [1.54, 1.807) is 6.20 Å². The van der Waals surface area contributed by atoms with Gasteiger partial charge in [-0.1, -0.05) is 76.5 Å². The number of aliphatic carboxylic acids is 1. The van der Waals surface area contributed by atoms with Crippen LogP contribution < -0.4 is 49.1 Å². The van der Waals surface area contributed by atoms with Gasteiger partial charge in [0.2, 0.25) is 41.4 Å². The molecule has 1 saturated heterocycles. The number of benzene rings is 2. The number of aryl methyl sites for hydroxylation is 1. The van der Waals surface area contributed by atoms with Gasteiger partial charge in [0.1, 0.15) is 30.2 Å². The number of aromatic nitrogens is 3. The highest BCUT2D eigenvalue weighted by Crippen LogP contribution is 2.40. The molecule has 2 aromatic carbocycles. The van der Waals surface area contributed by atoms with Gasteiger partial charge in [0.05, 0.1) is 12.9 Å². The molecule has 22 nitrogen and oxygen atoms in total. The zero-order valence-electron chi connectivity index (χ0n) is 39.9. The van der Waals surface area contributed by atoms with Crippen LogP contribution in [-0.4, -0.2) is 128 Å². The number of aromatic amines is 2. The first kappa shape index (κ1) is 55.8. The number of hydrogen-bond acceptors (Lipinski definition) is 12. The number of guanidine groups is 1. The van der Waals surface area contributed by atoms with E-state index >= 15 is 0 Å². The molecule has 24 heteroatoms. The highest BCUT2D eigenvalue weighted by molar-refractivity contribution is 8.77. The topological polar surface area (TPSA) is 364 Å². The van der Waals surface area contributed by atoms with Gasteiger partial charge in [-0.05, 0) is 68.6 Å². The number of carbonyl (C=O) groups is 8. The van der Waals surface area contributed by atoms with Crippen molar-refractivity contribution in [1.29, 1.82) is 0 Å². The Bertz CT molecular complexity index is 2460. The highest BCUT2D eigenvalue weighted by Gasteiger charge is 2.33. The number of aliphatic imine (C=N–C) groups is 1. The summed E-state index contributed by atoms with van der Waals surface area (Å²) >= 11 is 0. The fraction of sp³-hybridized carbons (Fsp3) is 0.458. The Morgan fingerprint density at radius 3 is 2.03 bits per heavy atom. The van der Waals surface area contributed by atoms with E-state index in [2.05, 4.69) is 51.8 Å². The summed E-state index contributed by atoms with van der Waals surface area (Å²) < 4.78 is 0. The quantitative estimate of drug-likeness (QED) is 0.0145. The molecule has 1 aliphatic rings. The van der Waals surface area contributed by atoms with E-state index in [4.69, 9.17) is 17.2 Å². The Kier molecular flexibility index (Phi) is 22.7. The Morgan fingerprint density at radius 1 is 0.722 bits per heavy atom. The highest BCUT2D eigenvalue weighted by atomic mass is 33.1. The smallest absolute Gasteiger partial charge is 0.303 e. The second-order valence-electron chi connectivity index (χ2n) is 17.4. The van der Waals surface area contributed by atoms with Crippen molar-refractivity contribution in [2.45, 2.75) is 119 Å². The van der Waals surface area contributed by atoms with Crippen molar-refractivity contribution in [3.05, 3.63) is 90.1 Å². The molecule has 0 aliphatic carbocycles. The molecule has 6 atom stereocenters. The van der Waals surface area contributed by atoms with E-state index in [-0.39, 0.29) is 63.9 Å². The number of hydrogen-bond donors (Lipinski definition) is 12. The molecule has 1 aliphatic heterocycles. The van der Waals surface area contributed by atoms with Crippen molar-refractivity contribution in [2.24, 2.45) is 22.2 Å². The molecule has 5 rings (SSSR count). The molecular weight excluding hydrogens is 967 g/mol. The number of nitrogens with zero attached hydrogens (tertiary/aromatic N) is 2. The lowest BCUT2D eigenvalue weighted by Crippen LogP contribution is -2.59. The van der Waals surface area contributed by atoms with Crippen molar-refractivity contribution >= 4 is 85.8 Å². The lowest BCUT2D eigenvalue weighted by molar-refractivity contribution is -0.138. The molecule has 0 spiro atoms. The van der Waals surface area contributed by atoms with E-state index < -0.39 is 90.5 Å². The van der Waals surface area contributed by atoms with Crippen LogP contribution in [0.1, 0.15) is 81.0 Å². The lowest BCUT2D eigenvalue weighted by atomic mass is 10.0. The van der Waals surface area contributed by atoms with Crippen LogP contribution in [0.5, 0.6) is 0 Å². The number of carboxylic acid groups (broad SMARTS) is 1. The molecule has 3 heterocycles. The molecule has 2 aromatic heterocycles. The van der Waals surface area contributed by atoms with Crippen LogP contribution in [0.4, 0.5) is 0 Å². The Balaban J connectivity index is 1.37. The van der Waals surface area contributed by atoms with Crippen molar-refractivity contribution in [1.82, 2.24) is 46.9 Å². The minimum Gasteiger partial charge on any atom is -0.481 e. The first-order chi connectivity index (χ1) is 34.6. The van der Waals surface area contributed by atoms with Crippen LogP contribution in [0.3, 0.4) is 0 Å². The van der Waals surface area contributed by atoms with Crippen LogP contribution in [-0.2, 0) is 57.6 Å². The number of H-pyrrole nitrogens is 2. The minimum absolute atomic E-state index is 0.0168. The second-order valence-corrected chi connectivity index (χ2v) is 20.2. The first-order valence-electron chi connectivity index (χ1n) is 23.8. The Hall–Kier alpha value is -7.08. The van der Waals surface area contributed by atoms with Crippen molar-refractivity contribution in [2.75, 3.05) is 18.8 Å². The number of rotatable bonds is 31. The molecule has 1 fully saturated rings. The van der Waals surface area contributed by atoms with E-state index in [9.17, 15) is 43.5 Å². The van der Waals surface area contributed by atoms with Crippen molar-refractivity contribution in [3.8, 4) is 0 Å². The maximum Gasteiger partial charge on any atom is 0.303 e. The van der Waals surface area contributed by atoms with Gasteiger partial charge in [0.25, 0.3) is 0 Å². The van der Waals surface area contributed by atoms with E-state index in [0.717, 1.165) is 41.5 Å². The maximum absolute atomic E-state index is 14.6. The minimum atomic E-state index is -1.38. The summed E-state index contributed by atoms with van der Waals surface area (Å²) in [5, 5.41) is 26.9. The molecular formula is C48H65N13O9S2. The second kappa shape index (κ2) is 29.3. The molecule has 1 unspecified atom stereocenters. The fourth-order valence-electron chi connectivity index (χ4n) is 7.96. The van der Waals surface area contributed by atoms with E-state index in [1.165, 1.54) is 12.5 Å². The average molecular weight is 1030 g/mol. The predicted octanol–water partition coefficient (Wildman–Crippen LogP) is 0.967.